The number of nitrogens with one attached hydrogen (secondary N) is 2. The molecule has 1 rings (SSSR count). The van der Waals surface area contributed by atoms with Crippen molar-refractivity contribution >= 4 is 33.9 Å². The van der Waals surface area contributed by atoms with Gasteiger partial charge in [-0.15, -0.1) is 0 Å². The molecule has 2 amide bonds. The number of carbonyl (C=O) groups excluding carboxylic acids is 2. The predicted octanol–water partition coefficient (Wildman–Crippen LogP) is 3.14. The van der Waals surface area contributed by atoms with Crippen LogP contribution in [0.2, 0.25) is 0 Å². The fourth-order valence-electron chi connectivity index (χ4n) is 2.10. The molecule has 0 spiro atoms. The second-order valence-electron chi connectivity index (χ2n) is 9.05. The minimum Gasteiger partial charge on any atom is -0.444 e. The highest BCUT2D eigenvalue weighted by atomic mass is 32.2. The number of anilines is 1. The van der Waals surface area contributed by atoms with Crippen LogP contribution in [0.3, 0.4) is 0 Å². The molecule has 30 heavy (non-hydrogen) atoms. The van der Waals surface area contributed by atoms with Crippen LogP contribution < -0.4 is 10.6 Å². The third-order valence-corrected chi connectivity index (χ3v) is 4.81. The number of carbonyl (C=O) groups is 2. The van der Waals surface area contributed by atoms with E-state index in [0.29, 0.717) is 12.1 Å². The number of ether oxygens (including phenoxy) is 1. The monoisotopic (exact) mass is 440 g/mol. The van der Waals surface area contributed by atoms with Gasteiger partial charge >= 0.3 is 6.09 Å². The second-order valence-corrected chi connectivity index (χ2v) is 10.8. The molecule has 2 N–H and O–H groups in total. The third-order valence-electron chi connectivity index (χ3n) is 3.62. The smallest absolute Gasteiger partial charge is 0.408 e. The van der Waals surface area contributed by atoms with E-state index in [1.807, 2.05) is 20.8 Å². The van der Waals surface area contributed by atoms with Crippen LogP contribution in [0.25, 0.3) is 0 Å². The van der Waals surface area contributed by atoms with Gasteiger partial charge in [0.1, 0.15) is 11.6 Å². The first-order valence-corrected chi connectivity index (χ1v) is 11.2. The summed E-state index contributed by atoms with van der Waals surface area (Å²) in [6.07, 6.45) is 3.67. The van der Waals surface area contributed by atoms with Gasteiger partial charge in [0.15, 0.2) is 0 Å². The molecule has 0 saturated heterocycles. The van der Waals surface area contributed by atoms with Crippen molar-refractivity contribution in [3.63, 3.8) is 0 Å². The molecular formula is C20H32N4O5S. The van der Waals surface area contributed by atoms with E-state index in [0.717, 1.165) is 6.21 Å². The van der Waals surface area contributed by atoms with Crippen LogP contribution in [0.1, 0.15) is 54.4 Å². The highest BCUT2D eigenvalue weighted by molar-refractivity contribution is 7.90. The fourth-order valence-corrected chi connectivity index (χ4v) is 3.39. The Morgan fingerprint density at radius 2 is 1.90 bits per heavy atom. The average Bonchev–Trinajstić information content (AvgIpc) is 2.58. The quantitative estimate of drug-likeness (QED) is 0.598. The third kappa shape index (κ3) is 11.5. The van der Waals surface area contributed by atoms with Crippen LogP contribution in [0.5, 0.6) is 0 Å². The number of rotatable bonds is 8. The van der Waals surface area contributed by atoms with E-state index >= 15 is 0 Å². The molecule has 0 aliphatic rings. The number of aromatic nitrogens is 1. The van der Waals surface area contributed by atoms with Crippen LogP contribution >= 0.6 is 0 Å². The molecule has 1 atom stereocenters. The first-order chi connectivity index (χ1) is 13.7. The zero-order valence-corrected chi connectivity index (χ0v) is 19.2. The molecule has 9 nitrogen and oxygen atoms in total. The van der Waals surface area contributed by atoms with E-state index in [-0.39, 0.29) is 17.6 Å². The Bertz CT molecular complexity index is 840. The van der Waals surface area contributed by atoms with Crippen molar-refractivity contribution in [2.45, 2.75) is 66.0 Å². The first kappa shape index (κ1) is 25.5. The van der Waals surface area contributed by atoms with Gasteiger partial charge in [-0.05, 0) is 44.7 Å². The number of amides is 2. The van der Waals surface area contributed by atoms with Crippen molar-refractivity contribution in [2.24, 2.45) is 9.81 Å². The molecule has 0 aliphatic heterocycles. The first-order valence-electron chi connectivity index (χ1n) is 9.64. The molecule has 0 bridgehead atoms. The molecule has 1 heterocycles. The maximum atomic E-state index is 12.6. The van der Waals surface area contributed by atoms with Gasteiger partial charge in [0.2, 0.25) is 5.91 Å². The Hall–Kier alpha value is -2.49. The lowest BCUT2D eigenvalue weighted by Gasteiger charge is -2.22. The minimum absolute atomic E-state index is 0.0982. The summed E-state index contributed by atoms with van der Waals surface area (Å²) in [6.45, 7) is 10.9. The van der Waals surface area contributed by atoms with Crippen molar-refractivity contribution in [1.82, 2.24) is 10.3 Å². The predicted molar refractivity (Wildman–Crippen MR) is 117 cm³/mol. The van der Waals surface area contributed by atoms with Gasteiger partial charge in [-0.25, -0.2) is 13.2 Å². The number of hydrogen-bond donors (Lipinski definition) is 2. The molecule has 0 radical (unpaired) electrons. The highest BCUT2D eigenvalue weighted by Crippen LogP contribution is 2.19. The van der Waals surface area contributed by atoms with E-state index in [4.69, 9.17) is 4.74 Å². The summed E-state index contributed by atoms with van der Waals surface area (Å²) in [5, 5.41) is 5.08. The summed E-state index contributed by atoms with van der Waals surface area (Å²) >= 11 is 0. The second kappa shape index (κ2) is 10.5. The Morgan fingerprint density at radius 1 is 1.23 bits per heavy atom. The molecule has 0 aliphatic carbocycles. The van der Waals surface area contributed by atoms with Crippen LogP contribution in [-0.2, 0) is 19.6 Å². The average molecular weight is 441 g/mol. The fraction of sp³-hybridized carbons (Fsp3) is 0.600. The van der Waals surface area contributed by atoms with Gasteiger partial charge in [-0.3, -0.25) is 9.78 Å². The summed E-state index contributed by atoms with van der Waals surface area (Å²) in [4.78, 5) is 28.6. The summed E-state index contributed by atoms with van der Waals surface area (Å²) in [6, 6.07) is 2.21. The molecule has 0 unspecified atom stereocenters. The highest BCUT2D eigenvalue weighted by Gasteiger charge is 2.24. The van der Waals surface area contributed by atoms with Gasteiger partial charge in [0.25, 0.3) is 10.0 Å². The number of alkyl carbamates (subject to hydrolysis) is 1. The maximum absolute atomic E-state index is 12.6. The van der Waals surface area contributed by atoms with Crippen LogP contribution in [0.15, 0.2) is 28.9 Å². The molecule has 0 saturated carbocycles. The molecule has 10 heteroatoms. The summed E-state index contributed by atoms with van der Waals surface area (Å²) in [5.74, 6) is -0.647. The maximum Gasteiger partial charge on any atom is 0.408 e. The summed E-state index contributed by atoms with van der Waals surface area (Å²) in [5.41, 5.74) is -0.459. The zero-order chi connectivity index (χ0) is 23.0. The topological polar surface area (TPSA) is 127 Å². The van der Waals surface area contributed by atoms with Crippen LogP contribution in [-0.4, -0.2) is 49.0 Å². The summed E-state index contributed by atoms with van der Waals surface area (Å²) < 4.78 is 33.0. The number of hydrogen-bond acceptors (Lipinski definition) is 6. The van der Waals surface area contributed by atoms with Crippen molar-refractivity contribution in [2.75, 3.05) is 11.1 Å². The van der Waals surface area contributed by atoms with E-state index in [9.17, 15) is 18.0 Å². The summed E-state index contributed by atoms with van der Waals surface area (Å²) in [7, 11) is -3.67. The van der Waals surface area contributed by atoms with Crippen molar-refractivity contribution < 1.29 is 22.7 Å². The van der Waals surface area contributed by atoms with Crippen molar-refractivity contribution in [1.29, 1.82) is 0 Å². The Morgan fingerprint density at radius 3 is 2.43 bits per heavy atom. The SMILES string of the molecule is CC(C)(C)CCS(=O)(=O)N=CC[C@H](NC(=O)OC(C)(C)C)C(=O)Nc1cccnc1. The van der Waals surface area contributed by atoms with E-state index < -0.39 is 33.7 Å². The lowest BCUT2D eigenvalue weighted by atomic mass is 9.94. The van der Waals surface area contributed by atoms with Gasteiger partial charge in [0.05, 0.1) is 17.6 Å². The Kier molecular flexibility index (Phi) is 8.95. The van der Waals surface area contributed by atoms with Crippen molar-refractivity contribution in [3.8, 4) is 0 Å². The standard InChI is InChI=1S/C20H32N4O5S/c1-19(2,3)10-13-30(27,28)22-12-9-16(24-18(26)29-20(4,5)6)17(25)23-15-8-7-11-21-14-15/h7-8,11-12,14,16H,9-10,13H2,1-6H3,(H,23,25)(H,24,26)/t16-/m0/s1. The van der Waals surface area contributed by atoms with Gasteiger partial charge in [-0.1, -0.05) is 20.8 Å². The van der Waals surface area contributed by atoms with Gasteiger partial charge in [0, 0.05) is 18.8 Å². The molecule has 1 aromatic rings. The van der Waals surface area contributed by atoms with Crippen LogP contribution in [0.4, 0.5) is 10.5 Å². The molecule has 1 aromatic heterocycles. The zero-order valence-electron chi connectivity index (χ0n) is 18.4. The molecular weight excluding hydrogens is 408 g/mol. The van der Waals surface area contributed by atoms with Gasteiger partial charge in [-0.2, -0.15) is 4.40 Å². The molecule has 168 valence electrons. The lowest BCUT2D eigenvalue weighted by Crippen LogP contribution is -2.46. The Labute approximate surface area is 178 Å². The number of pyridine rings is 1. The van der Waals surface area contributed by atoms with Crippen molar-refractivity contribution in [3.05, 3.63) is 24.5 Å². The number of nitrogens with zero attached hydrogens (tertiary/aromatic N) is 2. The van der Waals surface area contributed by atoms with E-state index in [2.05, 4.69) is 20.0 Å². The minimum atomic E-state index is -3.67. The van der Waals surface area contributed by atoms with Gasteiger partial charge < -0.3 is 15.4 Å². The van der Waals surface area contributed by atoms with Crippen LogP contribution in [0, 0.1) is 5.41 Å². The Balaban J connectivity index is 2.86. The normalized spacial score (nSPS) is 13.7. The lowest BCUT2D eigenvalue weighted by molar-refractivity contribution is -0.118. The van der Waals surface area contributed by atoms with E-state index in [1.54, 1.807) is 39.1 Å². The largest absolute Gasteiger partial charge is 0.444 e. The van der Waals surface area contributed by atoms with E-state index in [1.165, 1.54) is 6.20 Å². The number of sulfonamides is 1. The molecule has 0 aromatic carbocycles. The molecule has 0 fully saturated rings.